The summed E-state index contributed by atoms with van der Waals surface area (Å²) < 4.78 is 12.2. The van der Waals surface area contributed by atoms with Gasteiger partial charge >= 0.3 is 0 Å². The van der Waals surface area contributed by atoms with Gasteiger partial charge in [0, 0.05) is 29.0 Å². The van der Waals surface area contributed by atoms with E-state index in [9.17, 15) is 0 Å². The Kier molecular flexibility index (Phi) is 5.05. The summed E-state index contributed by atoms with van der Waals surface area (Å²) in [6, 6.07) is 30.6. The molecule has 0 aliphatic carbocycles. The summed E-state index contributed by atoms with van der Waals surface area (Å²) in [5.74, 6) is 1.61. The summed E-state index contributed by atoms with van der Waals surface area (Å²) in [7, 11) is 3.76. The van der Waals surface area contributed by atoms with E-state index in [1.807, 2.05) is 54.6 Å². The first kappa shape index (κ1) is 19.5. The molecule has 0 saturated heterocycles. The molecule has 4 heteroatoms. The minimum atomic E-state index is -0.266. The van der Waals surface area contributed by atoms with Crippen molar-refractivity contribution in [3.05, 3.63) is 107 Å². The Morgan fingerprint density at radius 2 is 1.65 bits per heavy atom. The SMILES string of the molecule is COc1cccc2c1-c1ccc(N(C)c3ccccc3)cc1C(c1cccc(Cl)c1)O2. The second-order valence-electron chi connectivity index (χ2n) is 7.55. The van der Waals surface area contributed by atoms with Crippen molar-refractivity contribution < 1.29 is 9.47 Å². The lowest BCUT2D eigenvalue weighted by Gasteiger charge is -2.31. The summed E-state index contributed by atoms with van der Waals surface area (Å²) in [5.41, 5.74) is 6.39. The monoisotopic (exact) mass is 427 g/mol. The molecule has 154 valence electrons. The molecule has 1 aliphatic rings. The van der Waals surface area contributed by atoms with Gasteiger partial charge in [-0.1, -0.05) is 54.1 Å². The van der Waals surface area contributed by atoms with Gasteiger partial charge in [0.2, 0.25) is 0 Å². The van der Waals surface area contributed by atoms with E-state index in [1.165, 1.54) is 0 Å². The van der Waals surface area contributed by atoms with Crippen LogP contribution in [0.3, 0.4) is 0 Å². The van der Waals surface area contributed by atoms with Crippen LogP contribution in [0.2, 0.25) is 5.02 Å². The number of methoxy groups -OCH3 is 1. The Hall–Kier alpha value is -3.43. The third kappa shape index (κ3) is 3.51. The maximum atomic E-state index is 6.53. The average molecular weight is 428 g/mol. The van der Waals surface area contributed by atoms with Crippen molar-refractivity contribution in [2.75, 3.05) is 19.1 Å². The molecular weight excluding hydrogens is 406 g/mol. The molecule has 0 radical (unpaired) electrons. The lowest BCUT2D eigenvalue weighted by atomic mass is 9.88. The second kappa shape index (κ2) is 8.01. The Morgan fingerprint density at radius 3 is 2.42 bits per heavy atom. The summed E-state index contributed by atoms with van der Waals surface area (Å²) in [6.45, 7) is 0. The molecule has 0 fully saturated rings. The summed E-state index contributed by atoms with van der Waals surface area (Å²) in [4.78, 5) is 2.17. The van der Waals surface area contributed by atoms with Crippen LogP contribution in [-0.4, -0.2) is 14.2 Å². The van der Waals surface area contributed by atoms with Crippen LogP contribution in [0.4, 0.5) is 11.4 Å². The van der Waals surface area contributed by atoms with E-state index in [-0.39, 0.29) is 6.10 Å². The molecule has 0 spiro atoms. The van der Waals surface area contributed by atoms with Crippen molar-refractivity contribution in [1.82, 2.24) is 0 Å². The van der Waals surface area contributed by atoms with Crippen LogP contribution in [0.15, 0.2) is 91.0 Å². The van der Waals surface area contributed by atoms with Crippen LogP contribution >= 0.6 is 11.6 Å². The summed E-state index contributed by atoms with van der Waals surface area (Å²) in [6.07, 6.45) is -0.266. The number of hydrogen-bond acceptors (Lipinski definition) is 3. The van der Waals surface area contributed by atoms with E-state index in [0.717, 1.165) is 45.1 Å². The molecule has 1 heterocycles. The maximum absolute atomic E-state index is 6.53. The number of benzene rings is 4. The standard InChI is InChI=1S/C27H22ClNO2/c1-29(20-10-4-3-5-11-20)21-14-15-22-23(17-21)27(18-8-6-9-19(28)16-18)31-25-13-7-12-24(30-2)26(22)25/h3-17,27H,1-2H3. The Labute approximate surface area is 187 Å². The molecular formula is C27H22ClNO2. The summed E-state index contributed by atoms with van der Waals surface area (Å²) in [5, 5.41) is 0.691. The molecule has 4 aromatic rings. The minimum Gasteiger partial charge on any atom is -0.496 e. The van der Waals surface area contributed by atoms with Crippen molar-refractivity contribution in [2.45, 2.75) is 6.10 Å². The first-order valence-electron chi connectivity index (χ1n) is 10.2. The number of anilines is 2. The van der Waals surface area contributed by atoms with Gasteiger partial charge in [0.1, 0.15) is 17.6 Å². The first-order chi connectivity index (χ1) is 15.2. The van der Waals surface area contributed by atoms with Gasteiger partial charge in [-0.3, -0.25) is 0 Å². The number of rotatable bonds is 4. The predicted octanol–water partition coefficient (Wildman–Crippen LogP) is 7.27. The Morgan fingerprint density at radius 1 is 0.839 bits per heavy atom. The van der Waals surface area contributed by atoms with E-state index >= 15 is 0 Å². The fourth-order valence-electron chi connectivity index (χ4n) is 4.16. The van der Waals surface area contributed by atoms with E-state index in [4.69, 9.17) is 21.1 Å². The fourth-order valence-corrected chi connectivity index (χ4v) is 4.36. The molecule has 1 aliphatic heterocycles. The van der Waals surface area contributed by atoms with Gasteiger partial charge in [0.25, 0.3) is 0 Å². The van der Waals surface area contributed by atoms with Crippen LogP contribution in [0.5, 0.6) is 11.5 Å². The van der Waals surface area contributed by atoms with Gasteiger partial charge in [-0.15, -0.1) is 0 Å². The third-order valence-electron chi connectivity index (χ3n) is 5.72. The normalized spacial score (nSPS) is 14.2. The van der Waals surface area contributed by atoms with Crippen LogP contribution in [0.25, 0.3) is 11.1 Å². The molecule has 0 N–H and O–H groups in total. The van der Waals surface area contributed by atoms with Crippen LogP contribution < -0.4 is 14.4 Å². The number of nitrogens with zero attached hydrogens (tertiary/aromatic N) is 1. The van der Waals surface area contributed by atoms with Gasteiger partial charge in [0.15, 0.2) is 0 Å². The van der Waals surface area contributed by atoms with Gasteiger partial charge in [-0.2, -0.15) is 0 Å². The number of fused-ring (bicyclic) bond motifs is 3. The van der Waals surface area contributed by atoms with E-state index in [0.29, 0.717) is 5.02 Å². The molecule has 1 unspecified atom stereocenters. The highest BCUT2D eigenvalue weighted by Crippen LogP contribution is 2.50. The quantitative estimate of drug-likeness (QED) is 0.342. The van der Waals surface area contributed by atoms with E-state index < -0.39 is 0 Å². The van der Waals surface area contributed by atoms with Crippen molar-refractivity contribution in [1.29, 1.82) is 0 Å². The van der Waals surface area contributed by atoms with Crippen LogP contribution in [-0.2, 0) is 0 Å². The maximum Gasteiger partial charge on any atom is 0.150 e. The zero-order valence-electron chi connectivity index (χ0n) is 17.4. The molecule has 31 heavy (non-hydrogen) atoms. The van der Waals surface area contributed by atoms with E-state index in [1.54, 1.807) is 7.11 Å². The number of para-hydroxylation sites is 1. The highest BCUT2D eigenvalue weighted by atomic mass is 35.5. The molecule has 0 saturated carbocycles. The molecule has 0 amide bonds. The molecule has 3 nitrogen and oxygen atoms in total. The fraction of sp³-hybridized carbons (Fsp3) is 0.111. The minimum absolute atomic E-state index is 0.266. The molecule has 4 aromatic carbocycles. The van der Waals surface area contributed by atoms with Gasteiger partial charge in [-0.05, 0) is 59.7 Å². The zero-order valence-corrected chi connectivity index (χ0v) is 18.1. The molecule has 1 atom stereocenters. The van der Waals surface area contributed by atoms with Crippen LogP contribution in [0, 0.1) is 0 Å². The average Bonchev–Trinajstić information content (AvgIpc) is 2.82. The van der Waals surface area contributed by atoms with Crippen LogP contribution in [0.1, 0.15) is 17.2 Å². The molecule has 0 bridgehead atoms. The topological polar surface area (TPSA) is 21.7 Å². The number of hydrogen-bond donors (Lipinski definition) is 0. The van der Waals surface area contributed by atoms with E-state index in [2.05, 4.69) is 48.3 Å². The van der Waals surface area contributed by atoms with Crippen molar-refractivity contribution >= 4 is 23.0 Å². The number of halogens is 1. The Bertz CT molecular complexity index is 1240. The largest absolute Gasteiger partial charge is 0.496 e. The second-order valence-corrected chi connectivity index (χ2v) is 7.99. The number of ether oxygens (including phenoxy) is 2. The first-order valence-corrected chi connectivity index (χ1v) is 10.6. The van der Waals surface area contributed by atoms with Gasteiger partial charge in [0.05, 0.1) is 12.7 Å². The highest BCUT2D eigenvalue weighted by Gasteiger charge is 2.30. The lowest BCUT2D eigenvalue weighted by Crippen LogP contribution is -2.17. The molecule has 0 aromatic heterocycles. The highest BCUT2D eigenvalue weighted by molar-refractivity contribution is 6.30. The smallest absolute Gasteiger partial charge is 0.150 e. The van der Waals surface area contributed by atoms with Crippen molar-refractivity contribution in [3.63, 3.8) is 0 Å². The van der Waals surface area contributed by atoms with Crippen molar-refractivity contribution in [3.8, 4) is 22.6 Å². The van der Waals surface area contributed by atoms with Crippen molar-refractivity contribution in [2.24, 2.45) is 0 Å². The van der Waals surface area contributed by atoms with Gasteiger partial charge in [-0.25, -0.2) is 0 Å². The zero-order chi connectivity index (χ0) is 21.4. The summed E-state index contributed by atoms with van der Waals surface area (Å²) >= 11 is 6.32. The third-order valence-corrected chi connectivity index (χ3v) is 5.96. The molecule has 5 rings (SSSR count). The predicted molar refractivity (Wildman–Crippen MR) is 127 cm³/mol. The lowest BCUT2D eigenvalue weighted by molar-refractivity contribution is 0.242. The van der Waals surface area contributed by atoms with Gasteiger partial charge < -0.3 is 14.4 Å². The Balaban J connectivity index is 1.69.